The second-order valence-electron chi connectivity index (χ2n) is 4.04. The van der Waals surface area contributed by atoms with Gasteiger partial charge in [-0.05, 0) is 17.5 Å². The van der Waals surface area contributed by atoms with E-state index >= 15 is 0 Å². The SMILES string of the molecule is C#CCCCC.c1ccc(-c2ccccc2)cc1. The van der Waals surface area contributed by atoms with Crippen molar-refractivity contribution < 1.29 is 0 Å². The van der Waals surface area contributed by atoms with Crippen LogP contribution in [0.25, 0.3) is 11.1 Å². The number of unbranched alkanes of at least 4 members (excludes halogenated alkanes) is 2. The van der Waals surface area contributed by atoms with Crippen LogP contribution in [0.3, 0.4) is 0 Å². The normalized spacial score (nSPS) is 8.89. The molecule has 0 saturated heterocycles. The molecule has 18 heavy (non-hydrogen) atoms. The fraction of sp³-hybridized carbons (Fsp3) is 0.222. The molecule has 0 aliphatic rings. The smallest absolute Gasteiger partial charge is 0.00859 e. The van der Waals surface area contributed by atoms with Gasteiger partial charge in [-0.25, -0.2) is 0 Å². The summed E-state index contributed by atoms with van der Waals surface area (Å²) in [6.07, 6.45) is 8.30. The molecule has 0 heteroatoms. The van der Waals surface area contributed by atoms with Crippen LogP contribution < -0.4 is 0 Å². The summed E-state index contributed by atoms with van der Waals surface area (Å²) in [7, 11) is 0. The first kappa shape index (κ1) is 14.1. The molecular weight excluding hydrogens is 216 g/mol. The lowest BCUT2D eigenvalue weighted by Crippen LogP contribution is -1.73. The summed E-state index contributed by atoms with van der Waals surface area (Å²) < 4.78 is 0. The number of rotatable bonds is 3. The van der Waals surface area contributed by atoms with E-state index in [-0.39, 0.29) is 0 Å². The Morgan fingerprint density at radius 3 is 1.56 bits per heavy atom. The van der Waals surface area contributed by atoms with Crippen molar-refractivity contribution in [1.82, 2.24) is 0 Å². The third-order valence-electron chi connectivity index (χ3n) is 2.56. The summed E-state index contributed by atoms with van der Waals surface area (Å²) in [6.45, 7) is 2.14. The van der Waals surface area contributed by atoms with Gasteiger partial charge in [0.05, 0.1) is 0 Å². The molecule has 0 aliphatic heterocycles. The Labute approximate surface area is 111 Å². The van der Waals surface area contributed by atoms with Crippen molar-refractivity contribution in [3.05, 3.63) is 60.7 Å². The summed E-state index contributed by atoms with van der Waals surface area (Å²) in [5, 5.41) is 0. The molecule has 0 amide bonds. The summed E-state index contributed by atoms with van der Waals surface area (Å²) in [6, 6.07) is 20.8. The number of benzene rings is 2. The van der Waals surface area contributed by atoms with Gasteiger partial charge in [-0.2, -0.15) is 0 Å². The highest BCUT2D eigenvalue weighted by Gasteiger charge is 1.91. The fourth-order valence-electron chi connectivity index (χ4n) is 1.54. The Kier molecular flexibility index (Phi) is 7.09. The van der Waals surface area contributed by atoms with E-state index in [0.717, 1.165) is 6.42 Å². The molecule has 2 rings (SSSR count). The summed E-state index contributed by atoms with van der Waals surface area (Å²) in [5.41, 5.74) is 2.55. The zero-order valence-corrected chi connectivity index (χ0v) is 11.0. The number of hydrogen-bond donors (Lipinski definition) is 0. The first-order valence-corrected chi connectivity index (χ1v) is 6.42. The van der Waals surface area contributed by atoms with Crippen LogP contribution in [0.15, 0.2) is 60.7 Å². The Morgan fingerprint density at radius 1 is 0.833 bits per heavy atom. The Hall–Kier alpha value is -2.00. The second-order valence-corrected chi connectivity index (χ2v) is 4.04. The molecule has 0 spiro atoms. The third-order valence-corrected chi connectivity index (χ3v) is 2.56. The van der Waals surface area contributed by atoms with Crippen molar-refractivity contribution in [1.29, 1.82) is 0 Å². The van der Waals surface area contributed by atoms with Gasteiger partial charge in [0.2, 0.25) is 0 Å². The largest absolute Gasteiger partial charge is 0.120 e. The van der Waals surface area contributed by atoms with Crippen molar-refractivity contribution in [3.8, 4) is 23.5 Å². The van der Waals surface area contributed by atoms with Crippen molar-refractivity contribution in [3.63, 3.8) is 0 Å². The molecule has 0 nitrogen and oxygen atoms in total. The van der Waals surface area contributed by atoms with Crippen molar-refractivity contribution in [2.45, 2.75) is 26.2 Å². The van der Waals surface area contributed by atoms with Crippen molar-refractivity contribution >= 4 is 0 Å². The molecule has 0 saturated carbocycles. The fourth-order valence-corrected chi connectivity index (χ4v) is 1.54. The van der Waals surface area contributed by atoms with Crippen LogP contribution in [0.4, 0.5) is 0 Å². The van der Waals surface area contributed by atoms with E-state index in [4.69, 9.17) is 6.42 Å². The predicted molar refractivity (Wildman–Crippen MR) is 80.2 cm³/mol. The lowest BCUT2D eigenvalue weighted by molar-refractivity contribution is 0.828. The molecule has 92 valence electrons. The summed E-state index contributed by atoms with van der Waals surface area (Å²) >= 11 is 0. The third kappa shape index (κ3) is 5.37. The number of hydrogen-bond acceptors (Lipinski definition) is 0. The van der Waals surface area contributed by atoms with Gasteiger partial charge in [0, 0.05) is 6.42 Å². The second kappa shape index (κ2) is 9.07. The van der Waals surface area contributed by atoms with Gasteiger partial charge in [0.25, 0.3) is 0 Å². The van der Waals surface area contributed by atoms with Gasteiger partial charge < -0.3 is 0 Å². The van der Waals surface area contributed by atoms with Crippen molar-refractivity contribution in [2.75, 3.05) is 0 Å². The average Bonchev–Trinajstić information content (AvgIpc) is 2.48. The van der Waals surface area contributed by atoms with E-state index in [1.54, 1.807) is 0 Å². The quantitative estimate of drug-likeness (QED) is 0.510. The molecule has 0 N–H and O–H groups in total. The highest BCUT2D eigenvalue weighted by molar-refractivity contribution is 5.62. The Balaban J connectivity index is 0.000000232. The van der Waals surface area contributed by atoms with Gasteiger partial charge in [0.1, 0.15) is 0 Å². The first-order valence-electron chi connectivity index (χ1n) is 6.42. The first-order chi connectivity index (χ1) is 8.88. The molecule has 0 bridgehead atoms. The molecule has 0 aromatic heterocycles. The van der Waals surface area contributed by atoms with Gasteiger partial charge in [-0.15, -0.1) is 12.3 Å². The molecule has 0 aliphatic carbocycles. The molecule has 0 heterocycles. The Morgan fingerprint density at radius 2 is 1.28 bits per heavy atom. The molecule has 0 fully saturated rings. The molecule has 0 atom stereocenters. The lowest BCUT2D eigenvalue weighted by Gasteiger charge is -1.98. The monoisotopic (exact) mass is 236 g/mol. The molecule has 0 radical (unpaired) electrons. The van der Waals surface area contributed by atoms with E-state index in [1.165, 1.54) is 24.0 Å². The highest BCUT2D eigenvalue weighted by atomic mass is 14.0. The predicted octanol–water partition coefficient (Wildman–Crippen LogP) is 5.16. The van der Waals surface area contributed by atoms with Crippen LogP contribution in [0, 0.1) is 12.3 Å². The topological polar surface area (TPSA) is 0 Å². The van der Waals surface area contributed by atoms with E-state index in [0.29, 0.717) is 0 Å². The molecule has 2 aromatic rings. The summed E-state index contributed by atoms with van der Waals surface area (Å²) in [5.74, 6) is 2.57. The minimum absolute atomic E-state index is 0.941. The van der Waals surface area contributed by atoms with Crippen LogP contribution >= 0.6 is 0 Å². The van der Waals surface area contributed by atoms with Crippen molar-refractivity contribution in [2.24, 2.45) is 0 Å². The minimum Gasteiger partial charge on any atom is -0.120 e. The maximum atomic E-state index is 4.96. The van der Waals surface area contributed by atoms with E-state index < -0.39 is 0 Å². The van der Waals surface area contributed by atoms with Crippen LogP contribution in [-0.2, 0) is 0 Å². The zero-order chi connectivity index (χ0) is 13.1. The van der Waals surface area contributed by atoms with E-state index in [2.05, 4.69) is 61.4 Å². The number of terminal acetylenes is 1. The van der Waals surface area contributed by atoms with Crippen LogP contribution in [-0.4, -0.2) is 0 Å². The van der Waals surface area contributed by atoms with Crippen LogP contribution in [0.2, 0.25) is 0 Å². The highest BCUT2D eigenvalue weighted by Crippen LogP contribution is 2.17. The van der Waals surface area contributed by atoms with E-state index in [9.17, 15) is 0 Å². The maximum absolute atomic E-state index is 4.96. The van der Waals surface area contributed by atoms with Gasteiger partial charge in [-0.1, -0.05) is 74.0 Å². The zero-order valence-electron chi connectivity index (χ0n) is 11.0. The van der Waals surface area contributed by atoms with Gasteiger partial charge in [-0.3, -0.25) is 0 Å². The molecular formula is C18H20. The maximum Gasteiger partial charge on any atom is 0.00859 e. The van der Waals surface area contributed by atoms with Gasteiger partial charge in [0.15, 0.2) is 0 Å². The minimum atomic E-state index is 0.941. The van der Waals surface area contributed by atoms with Crippen LogP contribution in [0.1, 0.15) is 26.2 Å². The summed E-state index contributed by atoms with van der Waals surface area (Å²) in [4.78, 5) is 0. The molecule has 0 unspecified atom stereocenters. The van der Waals surface area contributed by atoms with Gasteiger partial charge >= 0.3 is 0 Å². The van der Waals surface area contributed by atoms with Crippen LogP contribution in [0.5, 0.6) is 0 Å². The Bertz CT molecular complexity index is 411. The molecule has 2 aromatic carbocycles. The average molecular weight is 236 g/mol. The standard InChI is InChI=1S/C12H10.C6H10/c1-3-7-11(8-4-1)12-9-5-2-6-10-12;1-3-5-6-4-2/h1-10H;1H,4-6H2,2H3. The lowest BCUT2D eigenvalue weighted by atomic mass is 10.1. The van der Waals surface area contributed by atoms with E-state index in [1.807, 2.05) is 12.1 Å².